The fourth-order valence-corrected chi connectivity index (χ4v) is 3.08. The molecule has 3 N–H and O–H groups in total. The summed E-state index contributed by atoms with van der Waals surface area (Å²) in [6.07, 6.45) is 8.72. The number of hydrogen-bond acceptors (Lipinski definition) is 7. The van der Waals surface area contributed by atoms with Gasteiger partial charge in [-0.2, -0.15) is 15.0 Å². The summed E-state index contributed by atoms with van der Waals surface area (Å²) in [6.45, 7) is 2.65. The summed E-state index contributed by atoms with van der Waals surface area (Å²) < 4.78 is 5.78. The first-order valence-corrected chi connectivity index (χ1v) is 7.95. The number of nitrogens with one attached hydrogen (secondary N) is 1. The summed E-state index contributed by atoms with van der Waals surface area (Å²) in [6, 6.07) is 0.380. The van der Waals surface area contributed by atoms with Crippen molar-refractivity contribution in [3.05, 3.63) is 0 Å². The Bertz CT molecular complexity index is 457. The van der Waals surface area contributed by atoms with E-state index in [4.69, 9.17) is 10.6 Å². The lowest BCUT2D eigenvalue weighted by molar-refractivity contribution is 0.234. The number of piperidine rings is 1. The Hall–Kier alpha value is -1.63. The zero-order valence-electron chi connectivity index (χ0n) is 12.4. The summed E-state index contributed by atoms with van der Waals surface area (Å²) in [5, 5.41) is 0. The number of anilines is 2. The SMILES string of the molecule is NNc1nc(OCC2CCCC2)nc(N2CCCCC2)n1. The normalized spacial score (nSPS) is 19.8. The van der Waals surface area contributed by atoms with E-state index in [0.29, 0.717) is 30.4 Å². The molecule has 0 amide bonds. The summed E-state index contributed by atoms with van der Waals surface area (Å²) in [7, 11) is 0. The monoisotopic (exact) mass is 292 g/mol. The minimum atomic E-state index is 0.368. The van der Waals surface area contributed by atoms with Crippen LogP contribution in [0.4, 0.5) is 11.9 Å². The lowest BCUT2D eigenvalue weighted by atomic mass is 10.1. The maximum atomic E-state index is 5.78. The van der Waals surface area contributed by atoms with Crippen LogP contribution in [0, 0.1) is 5.92 Å². The number of nitrogen functional groups attached to an aromatic ring is 1. The number of rotatable bonds is 5. The second-order valence-corrected chi connectivity index (χ2v) is 5.90. The number of hydrazine groups is 1. The van der Waals surface area contributed by atoms with Crippen LogP contribution in [-0.4, -0.2) is 34.6 Å². The lowest BCUT2D eigenvalue weighted by Gasteiger charge is -2.26. The molecule has 2 heterocycles. The van der Waals surface area contributed by atoms with E-state index in [9.17, 15) is 0 Å². The predicted octanol–water partition coefficient (Wildman–Crippen LogP) is 1.72. The van der Waals surface area contributed by atoms with E-state index in [-0.39, 0.29) is 0 Å². The Morgan fingerprint density at radius 3 is 2.52 bits per heavy atom. The molecule has 1 saturated carbocycles. The molecule has 3 rings (SSSR count). The predicted molar refractivity (Wildman–Crippen MR) is 81.2 cm³/mol. The second-order valence-electron chi connectivity index (χ2n) is 5.90. The Balaban J connectivity index is 1.69. The van der Waals surface area contributed by atoms with Crippen molar-refractivity contribution in [1.29, 1.82) is 0 Å². The van der Waals surface area contributed by atoms with Gasteiger partial charge >= 0.3 is 6.01 Å². The van der Waals surface area contributed by atoms with Gasteiger partial charge in [-0.3, -0.25) is 5.43 Å². The fourth-order valence-electron chi connectivity index (χ4n) is 3.08. The van der Waals surface area contributed by atoms with E-state index >= 15 is 0 Å². The van der Waals surface area contributed by atoms with Crippen molar-refractivity contribution in [2.75, 3.05) is 30.0 Å². The molecule has 0 unspecified atom stereocenters. The topological polar surface area (TPSA) is 89.2 Å². The number of nitrogens with zero attached hydrogens (tertiary/aromatic N) is 4. The van der Waals surface area contributed by atoms with E-state index in [1.165, 1.54) is 44.9 Å². The minimum absolute atomic E-state index is 0.368. The molecule has 1 aliphatic carbocycles. The van der Waals surface area contributed by atoms with Crippen molar-refractivity contribution >= 4 is 11.9 Å². The van der Waals surface area contributed by atoms with Crippen molar-refractivity contribution in [2.24, 2.45) is 11.8 Å². The summed E-state index contributed by atoms with van der Waals surface area (Å²) in [5.41, 5.74) is 2.51. The van der Waals surface area contributed by atoms with Gasteiger partial charge in [0.1, 0.15) is 0 Å². The molecule has 7 nitrogen and oxygen atoms in total. The standard InChI is InChI=1S/C14H24N6O/c15-19-12-16-13(20-8-4-1-5-9-20)18-14(17-12)21-10-11-6-2-3-7-11/h11H,1-10,15H2,(H,16,17,18,19). The molecule has 0 radical (unpaired) electrons. The first-order chi connectivity index (χ1) is 10.3. The fraction of sp³-hybridized carbons (Fsp3) is 0.786. The van der Waals surface area contributed by atoms with Crippen molar-refractivity contribution in [3.8, 4) is 6.01 Å². The Labute approximate surface area is 125 Å². The largest absolute Gasteiger partial charge is 0.463 e. The highest BCUT2D eigenvalue weighted by Crippen LogP contribution is 2.25. The first-order valence-electron chi connectivity index (χ1n) is 7.95. The van der Waals surface area contributed by atoms with Crippen LogP contribution < -0.4 is 20.9 Å². The molecule has 2 aliphatic rings. The van der Waals surface area contributed by atoms with Gasteiger partial charge in [-0.25, -0.2) is 5.84 Å². The maximum absolute atomic E-state index is 5.78. The molecule has 1 saturated heterocycles. The van der Waals surface area contributed by atoms with Gasteiger partial charge in [0.2, 0.25) is 11.9 Å². The van der Waals surface area contributed by atoms with Gasteiger partial charge in [-0.05, 0) is 38.0 Å². The molecule has 2 fully saturated rings. The molecular weight excluding hydrogens is 268 g/mol. The van der Waals surface area contributed by atoms with E-state index in [1.54, 1.807) is 0 Å². The second kappa shape index (κ2) is 6.89. The highest BCUT2D eigenvalue weighted by atomic mass is 16.5. The van der Waals surface area contributed by atoms with Gasteiger partial charge in [-0.15, -0.1) is 0 Å². The molecule has 1 aliphatic heterocycles. The summed E-state index contributed by atoms with van der Waals surface area (Å²) in [5.74, 6) is 7.13. The van der Waals surface area contributed by atoms with Gasteiger partial charge in [0, 0.05) is 13.1 Å². The summed E-state index contributed by atoms with van der Waals surface area (Å²) in [4.78, 5) is 15.2. The van der Waals surface area contributed by atoms with Crippen LogP contribution in [0.15, 0.2) is 0 Å². The highest BCUT2D eigenvalue weighted by Gasteiger charge is 2.19. The third kappa shape index (κ3) is 3.72. The Morgan fingerprint density at radius 1 is 1.05 bits per heavy atom. The molecule has 0 aromatic carbocycles. The number of nitrogens with two attached hydrogens (primary N) is 1. The van der Waals surface area contributed by atoms with Crippen LogP contribution in [0.1, 0.15) is 44.9 Å². The minimum Gasteiger partial charge on any atom is -0.463 e. The van der Waals surface area contributed by atoms with E-state index in [0.717, 1.165) is 13.1 Å². The van der Waals surface area contributed by atoms with Gasteiger partial charge in [-0.1, -0.05) is 12.8 Å². The average molecular weight is 292 g/mol. The molecule has 116 valence electrons. The van der Waals surface area contributed by atoms with Crippen LogP contribution in [-0.2, 0) is 0 Å². The molecule has 0 bridgehead atoms. The Morgan fingerprint density at radius 2 is 1.81 bits per heavy atom. The van der Waals surface area contributed by atoms with E-state index in [2.05, 4.69) is 25.3 Å². The first kappa shape index (κ1) is 14.3. The summed E-state index contributed by atoms with van der Waals surface area (Å²) >= 11 is 0. The van der Waals surface area contributed by atoms with E-state index in [1.807, 2.05) is 0 Å². The van der Waals surface area contributed by atoms with E-state index < -0.39 is 0 Å². The van der Waals surface area contributed by atoms with Crippen LogP contribution in [0.25, 0.3) is 0 Å². The zero-order valence-corrected chi connectivity index (χ0v) is 12.4. The third-order valence-electron chi connectivity index (χ3n) is 4.29. The number of ether oxygens (including phenoxy) is 1. The van der Waals surface area contributed by atoms with Crippen molar-refractivity contribution in [1.82, 2.24) is 15.0 Å². The van der Waals surface area contributed by atoms with Gasteiger partial charge in [0.25, 0.3) is 0 Å². The van der Waals surface area contributed by atoms with Crippen LogP contribution in [0.3, 0.4) is 0 Å². The van der Waals surface area contributed by atoms with Crippen molar-refractivity contribution in [3.63, 3.8) is 0 Å². The van der Waals surface area contributed by atoms with Crippen LogP contribution in [0.2, 0.25) is 0 Å². The molecule has 1 aromatic rings. The smallest absolute Gasteiger partial charge is 0.323 e. The molecular formula is C14H24N6O. The van der Waals surface area contributed by atoms with Gasteiger partial charge in [0.15, 0.2) is 0 Å². The van der Waals surface area contributed by atoms with Crippen LogP contribution >= 0.6 is 0 Å². The molecule has 7 heteroatoms. The maximum Gasteiger partial charge on any atom is 0.323 e. The number of hydrogen-bond donors (Lipinski definition) is 2. The third-order valence-corrected chi connectivity index (χ3v) is 4.29. The van der Waals surface area contributed by atoms with Crippen molar-refractivity contribution in [2.45, 2.75) is 44.9 Å². The van der Waals surface area contributed by atoms with Gasteiger partial charge < -0.3 is 9.64 Å². The van der Waals surface area contributed by atoms with Gasteiger partial charge in [0.05, 0.1) is 6.61 Å². The molecule has 1 aromatic heterocycles. The average Bonchev–Trinajstić information content (AvgIpc) is 3.07. The highest BCUT2D eigenvalue weighted by molar-refractivity contribution is 5.38. The quantitative estimate of drug-likeness (QED) is 0.631. The Kier molecular flexibility index (Phi) is 4.69. The number of aromatic nitrogens is 3. The van der Waals surface area contributed by atoms with Crippen molar-refractivity contribution < 1.29 is 4.74 Å². The van der Waals surface area contributed by atoms with Crippen LogP contribution in [0.5, 0.6) is 6.01 Å². The molecule has 21 heavy (non-hydrogen) atoms. The zero-order chi connectivity index (χ0) is 14.5. The molecule has 0 atom stereocenters. The lowest BCUT2D eigenvalue weighted by Crippen LogP contribution is -2.31. The molecule has 0 spiro atoms.